The molecule has 2 aromatic heterocycles. The topological polar surface area (TPSA) is 66.6 Å². The lowest BCUT2D eigenvalue weighted by Crippen LogP contribution is -2.54. The van der Waals surface area contributed by atoms with Gasteiger partial charge in [0.25, 0.3) is 5.91 Å². The predicted molar refractivity (Wildman–Crippen MR) is 122 cm³/mol. The lowest BCUT2D eigenvalue weighted by atomic mass is 10.1. The number of rotatable bonds is 2. The maximum atomic E-state index is 13.1. The molecule has 1 aliphatic heterocycles. The molecule has 5 rings (SSSR count). The molecular formula is C22H20Cl2N6O. The molecule has 1 saturated heterocycles. The number of fused-ring (bicyclic) bond motifs is 3. The van der Waals surface area contributed by atoms with Crippen LogP contribution in [0.25, 0.3) is 16.6 Å². The summed E-state index contributed by atoms with van der Waals surface area (Å²) in [4.78, 5) is 22.0. The number of nitrogens with zero attached hydrogens (tertiary/aromatic N) is 6. The molecule has 2 aromatic carbocycles. The van der Waals surface area contributed by atoms with Crippen LogP contribution >= 0.6 is 23.2 Å². The Morgan fingerprint density at radius 1 is 1.10 bits per heavy atom. The molecule has 0 radical (unpaired) electrons. The van der Waals surface area contributed by atoms with Crippen LogP contribution in [0.1, 0.15) is 23.1 Å². The van der Waals surface area contributed by atoms with E-state index in [9.17, 15) is 4.79 Å². The molecule has 0 aliphatic carbocycles. The van der Waals surface area contributed by atoms with Gasteiger partial charge in [0.2, 0.25) is 5.95 Å². The highest BCUT2D eigenvalue weighted by atomic mass is 35.5. The Morgan fingerprint density at radius 2 is 1.90 bits per heavy atom. The van der Waals surface area contributed by atoms with Gasteiger partial charge in [-0.2, -0.15) is 0 Å². The van der Waals surface area contributed by atoms with Crippen LogP contribution in [0, 0.1) is 6.92 Å². The standard InChI is InChI=1S/C22H20Cl2N6O/c1-13-12-28(9-10-29(13)21(31)16-5-3-4-6-18(16)24)22-25-19-11-15(23)7-8-17(19)20-27-26-14(2)30(20)22/h3-8,11,13H,9-10,12H2,1-2H3/t13-/m1/s1. The fourth-order valence-corrected chi connectivity index (χ4v) is 4.55. The fourth-order valence-electron chi connectivity index (χ4n) is 4.16. The highest BCUT2D eigenvalue weighted by molar-refractivity contribution is 6.33. The van der Waals surface area contributed by atoms with Gasteiger partial charge in [-0.1, -0.05) is 35.3 Å². The summed E-state index contributed by atoms with van der Waals surface area (Å²) in [7, 11) is 0. The van der Waals surface area contributed by atoms with Crippen molar-refractivity contribution in [1.82, 2.24) is 24.5 Å². The first-order chi connectivity index (χ1) is 14.9. The zero-order valence-corrected chi connectivity index (χ0v) is 18.6. The Hall–Kier alpha value is -2.90. The molecule has 9 heteroatoms. The van der Waals surface area contributed by atoms with Gasteiger partial charge in [-0.25, -0.2) is 9.38 Å². The van der Waals surface area contributed by atoms with Gasteiger partial charge >= 0.3 is 0 Å². The van der Waals surface area contributed by atoms with Gasteiger partial charge in [0.1, 0.15) is 5.82 Å². The first-order valence-corrected chi connectivity index (χ1v) is 10.8. The van der Waals surface area contributed by atoms with Crippen molar-refractivity contribution in [2.45, 2.75) is 19.9 Å². The van der Waals surface area contributed by atoms with Crippen LogP contribution in [-0.2, 0) is 0 Å². The highest BCUT2D eigenvalue weighted by Crippen LogP contribution is 2.28. The van der Waals surface area contributed by atoms with Crippen LogP contribution in [0.4, 0.5) is 5.95 Å². The van der Waals surface area contributed by atoms with Gasteiger partial charge in [0.05, 0.1) is 16.1 Å². The number of carbonyl (C=O) groups excluding carboxylic acids is 1. The number of amides is 1. The molecule has 158 valence electrons. The van der Waals surface area contributed by atoms with Crippen LogP contribution < -0.4 is 4.90 Å². The van der Waals surface area contributed by atoms with E-state index in [-0.39, 0.29) is 11.9 Å². The average Bonchev–Trinajstić information content (AvgIpc) is 3.14. The summed E-state index contributed by atoms with van der Waals surface area (Å²) in [5.74, 6) is 1.46. The Balaban J connectivity index is 1.50. The maximum Gasteiger partial charge on any atom is 0.255 e. The summed E-state index contributed by atoms with van der Waals surface area (Å²) < 4.78 is 1.97. The van der Waals surface area contributed by atoms with E-state index in [0.717, 1.165) is 28.3 Å². The number of aryl methyl sites for hydroxylation is 1. The Bertz CT molecular complexity index is 1320. The van der Waals surface area contributed by atoms with Crippen molar-refractivity contribution in [3.8, 4) is 0 Å². The molecule has 0 N–H and O–H groups in total. The van der Waals surface area contributed by atoms with Gasteiger partial charge in [0, 0.05) is 36.1 Å². The van der Waals surface area contributed by atoms with Crippen LogP contribution in [0.5, 0.6) is 0 Å². The van der Waals surface area contributed by atoms with E-state index in [1.54, 1.807) is 12.1 Å². The molecule has 1 aliphatic rings. The van der Waals surface area contributed by atoms with Crippen molar-refractivity contribution < 1.29 is 4.79 Å². The van der Waals surface area contributed by atoms with E-state index in [1.165, 1.54) is 0 Å². The summed E-state index contributed by atoms with van der Waals surface area (Å²) in [5, 5.41) is 10.6. The average molecular weight is 455 g/mol. The van der Waals surface area contributed by atoms with Gasteiger partial charge < -0.3 is 9.80 Å². The van der Waals surface area contributed by atoms with Crippen molar-refractivity contribution in [2.24, 2.45) is 0 Å². The van der Waals surface area contributed by atoms with E-state index in [2.05, 4.69) is 15.1 Å². The summed E-state index contributed by atoms with van der Waals surface area (Å²) in [6.07, 6.45) is 0. The van der Waals surface area contributed by atoms with Crippen LogP contribution in [0.2, 0.25) is 10.0 Å². The minimum absolute atomic E-state index is 0.0267. The quantitative estimate of drug-likeness (QED) is 0.452. The van der Waals surface area contributed by atoms with E-state index in [1.807, 2.05) is 53.5 Å². The molecule has 7 nitrogen and oxygen atoms in total. The summed E-state index contributed by atoms with van der Waals surface area (Å²) in [5.41, 5.74) is 2.04. The van der Waals surface area contributed by atoms with Gasteiger partial charge in [-0.3, -0.25) is 4.79 Å². The number of aromatic nitrogens is 4. The monoisotopic (exact) mass is 454 g/mol. The smallest absolute Gasteiger partial charge is 0.255 e. The third kappa shape index (κ3) is 3.38. The van der Waals surface area contributed by atoms with Crippen molar-refractivity contribution in [3.05, 3.63) is 63.9 Å². The number of anilines is 1. The molecule has 0 saturated carbocycles. The van der Waals surface area contributed by atoms with Crippen LogP contribution in [0.3, 0.4) is 0 Å². The molecule has 0 unspecified atom stereocenters. The Kier molecular flexibility index (Phi) is 4.95. The minimum atomic E-state index is -0.0540. The lowest BCUT2D eigenvalue weighted by Gasteiger charge is -2.40. The van der Waals surface area contributed by atoms with Gasteiger partial charge in [0.15, 0.2) is 5.65 Å². The second-order valence-corrected chi connectivity index (χ2v) is 8.60. The SMILES string of the molecule is Cc1nnc2c3ccc(Cl)cc3nc(N3CCN(C(=O)c4ccccc4Cl)[C@H](C)C3)n12. The molecular weight excluding hydrogens is 435 g/mol. The maximum absolute atomic E-state index is 13.1. The third-order valence-corrected chi connectivity index (χ3v) is 6.29. The predicted octanol–water partition coefficient (Wildman–Crippen LogP) is 4.24. The molecule has 1 fully saturated rings. The Morgan fingerprint density at radius 3 is 2.68 bits per heavy atom. The Labute approximate surface area is 189 Å². The third-order valence-electron chi connectivity index (χ3n) is 5.72. The molecule has 1 amide bonds. The van der Waals surface area contributed by atoms with Crippen molar-refractivity contribution in [3.63, 3.8) is 0 Å². The molecule has 31 heavy (non-hydrogen) atoms. The fraction of sp³-hybridized carbons (Fsp3) is 0.273. The normalized spacial score (nSPS) is 17.0. The number of hydrogen-bond acceptors (Lipinski definition) is 5. The lowest BCUT2D eigenvalue weighted by molar-refractivity contribution is 0.0673. The van der Waals surface area contributed by atoms with Gasteiger partial charge in [-0.05, 0) is 44.2 Å². The number of halogens is 2. The van der Waals surface area contributed by atoms with Gasteiger partial charge in [-0.15, -0.1) is 10.2 Å². The van der Waals surface area contributed by atoms with Crippen molar-refractivity contribution in [1.29, 1.82) is 0 Å². The van der Waals surface area contributed by atoms with E-state index in [4.69, 9.17) is 28.2 Å². The molecule has 4 aromatic rings. The van der Waals surface area contributed by atoms with E-state index < -0.39 is 0 Å². The zero-order chi connectivity index (χ0) is 21.7. The number of hydrogen-bond donors (Lipinski definition) is 0. The first-order valence-electron chi connectivity index (χ1n) is 10.1. The largest absolute Gasteiger partial charge is 0.338 e. The second kappa shape index (κ2) is 7.66. The van der Waals surface area contributed by atoms with Crippen LogP contribution in [0.15, 0.2) is 42.5 Å². The zero-order valence-electron chi connectivity index (χ0n) is 17.1. The summed E-state index contributed by atoms with van der Waals surface area (Å²) >= 11 is 12.5. The summed E-state index contributed by atoms with van der Waals surface area (Å²) in [6, 6.07) is 12.7. The second-order valence-electron chi connectivity index (χ2n) is 7.75. The highest BCUT2D eigenvalue weighted by Gasteiger charge is 2.31. The number of piperazine rings is 1. The molecule has 0 spiro atoms. The minimum Gasteiger partial charge on any atom is -0.338 e. The summed E-state index contributed by atoms with van der Waals surface area (Å²) in [6.45, 7) is 5.76. The molecule has 0 bridgehead atoms. The molecule has 1 atom stereocenters. The van der Waals surface area contributed by atoms with E-state index >= 15 is 0 Å². The van der Waals surface area contributed by atoms with Crippen molar-refractivity contribution >= 4 is 51.6 Å². The van der Waals surface area contributed by atoms with Crippen molar-refractivity contribution in [2.75, 3.05) is 24.5 Å². The number of benzene rings is 2. The first kappa shape index (κ1) is 20.0. The van der Waals surface area contributed by atoms with E-state index in [0.29, 0.717) is 35.2 Å². The number of carbonyl (C=O) groups is 1. The van der Waals surface area contributed by atoms with Crippen LogP contribution in [-0.4, -0.2) is 56.1 Å². The molecule has 3 heterocycles.